The summed E-state index contributed by atoms with van der Waals surface area (Å²) < 4.78 is 2.03. The third kappa shape index (κ3) is 1.72. The van der Waals surface area contributed by atoms with Gasteiger partial charge in [0.05, 0.1) is 21.2 Å². The molecule has 0 atom stereocenters. The van der Waals surface area contributed by atoms with Gasteiger partial charge in [-0.3, -0.25) is 0 Å². The van der Waals surface area contributed by atoms with Crippen molar-refractivity contribution in [3.8, 4) is 5.69 Å². The second kappa shape index (κ2) is 4.10. The molecule has 2 aromatic carbocycles. The van der Waals surface area contributed by atoms with Crippen LogP contribution in [-0.2, 0) is 0 Å². The Balaban J connectivity index is 2.31. The Hall–Kier alpha value is -1.44. The van der Waals surface area contributed by atoms with Crippen LogP contribution < -0.4 is 0 Å². The zero-order valence-corrected chi connectivity index (χ0v) is 10.3. The second-order valence-corrected chi connectivity index (χ2v) is 4.53. The van der Waals surface area contributed by atoms with Gasteiger partial charge in [0.1, 0.15) is 0 Å². The molecule has 0 aliphatic heterocycles. The van der Waals surface area contributed by atoms with E-state index >= 15 is 0 Å². The third-order valence-electron chi connectivity index (χ3n) is 2.73. The van der Waals surface area contributed by atoms with Gasteiger partial charge in [0.25, 0.3) is 0 Å². The lowest BCUT2D eigenvalue weighted by Crippen LogP contribution is -1.92. The van der Waals surface area contributed by atoms with E-state index in [1.54, 1.807) is 6.07 Å². The third-order valence-corrected chi connectivity index (χ3v) is 3.53. The highest BCUT2D eigenvalue weighted by atomic mass is 35.5. The molecule has 1 aromatic heterocycles. The molecule has 3 rings (SSSR count). The van der Waals surface area contributed by atoms with Crippen LogP contribution >= 0.6 is 23.2 Å². The summed E-state index contributed by atoms with van der Waals surface area (Å²) in [5, 5.41) is 2.26. The predicted octanol–water partition coefficient (Wildman–Crippen LogP) is 4.74. The number of rotatable bonds is 1. The molecule has 0 fully saturated rings. The summed E-state index contributed by atoms with van der Waals surface area (Å²) in [6, 6.07) is 16.6. The summed E-state index contributed by atoms with van der Waals surface area (Å²) in [6.07, 6.45) is 1.98. The molecule has 3 heteroatoms. The van der Waals surface area contributed by atoms with E-state index in [9.17, 15) is 0 Å². The van der Waals surface area contributed by atoms with Crippen molar-refractivity contribution in [2.75, 3.05) is 0 Å². The van der Waals surface area contributed by atoms with Gasteiger partial charge in [-0.15, -0.1) is 0 Å². The lowest BCUT2D eigenvalue weighted by molar-refractivity contribution is 1.13. The second-order valence-electron chi connectivity index (χ2n) is 3.74. The van der Waals surface area contributed by atoms with Crippen LogP contribution in [0.25, 0.3) is 16.6 Å². The fourth-order valence-electron chi connectivity index (χ4n) is 1.91. The quantitative estimate of drug-likeness (QED) is 0.596. The molecule has 0 saturated heterocycles. The summed E-state index contributed by atoms with van der Waals surface area (Å²) in [5.41, 5.74) is 1.98. The van der Waals surface area contributed by atoms with Gasteiger partial charge in [-0.05, 0) is 36.4 Å². The molecule has 83 valence electrons. The Morgan fingerprint density at radius 1 is 1.06 bits per heavy atom. The molecular weight excluding hydrogens is 253 g/mol. The molecule has 0 unspecified atom stereocenters. The highest BCUT2D eigenvalue weighted by molar-refractivity contribution is 6.43. The molecule has 0 saturated carbocycles. The number of fused-ring (bicyclic) bond motifs is 1. The van der Waals surface area contributed by atoms with Gasteiger partial charge >= 0.3 is 0 Å². The molecular formula is C14H8Cl2N. The maximum absolute atomic E-state index is 6.22. The normalized spacial score (nSPS) is 10.9. The Bertz CT molecular complexity index is 686. The van der Waals surface area contributed by atoms with Crippen LogP contribution in [0.1, 0.15) is 0 Å². The van der Waals surface area contributed by atoms with Crippen molar-refractivity contribution in [2.45, 2.75) is 0 Å². The first-order valence-electron chi connectivity index (χ1n) is 5.19. The maximum Gasteiger partial charge on any atom is 0.0832 e. The molecule has 0 aliphatic carbocycles. The summed E-state index contributed by atoms with van der Waals surface area (Å²) in [5.74, 6) is 0. The zero-order chi connectivity index (χ0) is 11.8. The average Bonchev–Trinajstić information content (AvgIpc) is 2.77. The first kappa shape index (κ1) is 10.7. The van der Waals surface area contributed by atoms with Crippen LogP contribution in [0.2, 0.25) is 10.0 Å². The molecule has 3 aromatic rings. The summed E-state index contributed by atoms with van der Waals surface area (Å²) in [7, 11) is 0. The fourth-order valence-corrected chi connectivity index (χ4v) is 2.30. The van der Waals surface area contributed by atoms with Gasteiger partial charge in [-0.1, -0.05) is 35.3 Å². The number of nitrogens with zero attached hydrogens (tertiary/aromatic N) is 1. The van der Waals surface area contributed by atoms with E-state index in [4.69, 9.17) is 23.2 Å². The first-order valence-corrected chi connectivity index (χ1v) is 5.94. The molecule has 0 bridgehead atoms. The minimum Gasteiger partial charge on any atom is -0.315 e. The van der Waals surface area contributed by atoms with Crippen molar-refractivity contribution in [2.24, 2.45) is 0 Å². The van der Waals surface area contributed by atoms with Gasteiger partial charge in [0, 0.05) is 11.6 Å². The number of hydrogen-bond acceptors (Lipinski definition) is 0. The minimum absolute atomic E-state index is 0.563. The number of halogens is 2. The average molecular weight is 261 g/mol. The first-order chi connectivity index (χ1) is 8.27. The van der Waals surface area contributed by atoms with Gasteiger partial charge in [0.15, 0.2) is 0 Å². The lowest BCUT2D eigenvalue weighted by Gasteiger charge is -2.08. The van der Waals surface area contributed by atoms with Crippen LogP contribution in [0.15, 0.2) is 48.7 Å². The molecule has 17 heavy (non-hydrogen) atoms. The summed E-state index contributed by atoms with van der Waals surface area (Å²) >= 11 is 12.3. The van der Waals surface area contributed by atoms with Crippen LogP contribution in [0.3, 0.4) is 0 Å². The van der Waals surface area contributed by atoms with Crippen LogP contribution in [0.5, 0.6) is 0 Å². The standard InChI is InChI=1S/C14H8Cl2N/c15-11-5-3-7-13(14(11)16)17-9-8-10-4-1-2-6-12(10)17/h2-9H. The smallest absolute Gasteiger partial charge is 0.0832 e. The molecule has 0 spiro atoms. The van der Waals surface area contributed by atoms with Crippen molar-refractivity contribution in [1.29, 1.82) is 0 Å². The molecule has 0 amide bonds. The lowest BCUT2D eigenvalue weighted by atomic mass is 10.2. The van der Waals surface area contributed by atoms with Crippen LogP contribution in [0.4, 0.5) is 0 Å². The van der Waals surface area contributed by atoms with Crippen molar-refractivity contribution in [3.05, 3.63) is 64.8 Å². The molecule has 0 N–H and O–H groups in total. The van der Waals surface area contributed by atoms with Crippen molar-refractivity contribution in [3.63, 3.8) is 0 Å². The Morgan fingerprint density at radius 3 is 2.82 bits per heavy atom. The van der Waals surface area contributed by atoms with E-state index in [2.05, 4.69) is 6.07 Å². The van der Waals surface area contributed by atoms with E-state index in [0.29, 0.717) is 10.0 Å². The van der Waals surface area contributed by atoms with E-state index in [-0.39, 0.29) is 0 Å². The van der Waals surface area contributed by atoms with Crippen molar-refractivity contribution in [1.82, 2.24) is 4.57 Å². The zero-order valence-electron chi connectivity index (χ0n) is 8.82. The number of aromatic nitrogens is 1. The van der Waals surface area contributed by atoms with Crippen LogP contribution in [-0.4, -0.2) is 4.57 Å². The fraction of sp³-hybridized carbons (Fsp3) is 0. The highest BCUT2D eigenvalue weighted by Crippen LogP contribution is 2.30. The Kier molecular flexibility index (Phi) is 2.58. The van der Waals surface area contributed by atoms with Gasteiger partial charge < -0.3 is 4.57 Å². The van der Waals surface area contributed by atoms with Gasteiger partial charge in [-0.25, -0.2) is 0 Å². The Morgan fingerprint density at radius 2 is 1.94 bits per heavy atom. The summed E-state index contributed by atoms with van der Waals surface area (Å²) in [4.78, 5) is 0. The van der Waals surface area contributed by atoms with Gasteiger partial charge in [-0.2, -0.15) is 0 Å². The molecule has 1 radical (unpaired) electrons. The summed E-state index contributed by atoms with van der Waals surface area (Å²) in [6.45, 7) is 0. The predicted molar refractivity (Wildman–Crippen MR) is 72.1 cm³/mol. The SMILES string of the molecule is Clc1cccc(-n2ccc3c[c]ccc32)c1Cl. The van der Waals surface area contributed by atoms with E-state index in [1.807, 2.05) is 47.2 Å². The monoisotopic (exact) mass is 260 g/mol. The largest absolute Gasteiger partial charge is 0.315 e. The number of hydrogen-bond donors (Lipinski definition) is 0. The molecule has 1 heterocycles. The molecule has 0 aliphatic rings. The van der Waals surface area contributed by atoms with Crippen molar-refractivity contribution < 1.29 is 0 Å². The molecule has 1 nitrogen and oxygen atoms in total. The minimum atomic E-state index is 0.563. The van der Waals surface area contributed by atoms with E-state index < -0.39 is 0 Å². The topological polar surface area (TPSA) is 4.93 Å². The van der Waals surface area contributed by atoms with Crippen LogP contribution in [0, 0.1) is 6.07 Å². The Labute approximate surface area is 109 Å². The van der Waals surface area contributed by atoms with E-state index in [1.165, 1.54) is 0 Å². The maximum atomic E-state index is 6.22. The van der Waals surface area contributed by atoms with Gasteiger partial charge in [0.2, 0.25) is 0 Å². The van der Waals surface area contributed by atoms with E-state index in [0.717, 1.165) is 16.6 Å². The number of benzene rings is 2. The van der Waals surface area contributed by atoms with Crippen molar-refractivity contribution >= 4 is 34.1 Å². The highest BCUT2D eigenvalue weighted by Gasteiger charge is 2.08.